The van der Waals surface area contributed by atoms with Crippen LogP contribution in [0.3, 0.4) is 0 Å². The predicted octanol–water partition coefficient (Wildman–Crippen LogP) is 2.41. The van der Waals surface area contributed by atoms with Crippen molar-refractivity contribution >= 4 is 41.5 Å². The number of likely N-dealkylation sites (N-methyl/N-ethyl adjacent to an activating group) is 1. The van der Waals surface area contributed by atoms with Gasteiger partial charge in [0.1, 0.15) is 5.82 Å². The number of fused-ring (bicyclic) bond motifs is 1. The van der Waals surface area contributed by atoms with Crippen LogP contribution >= 0.6 is 12.4 Å². The molecule has 0 spiro atoms. The van der Waals surface area contributed by atoms with Gasteiger partial charge in [-0.25, -0.2) is 9.78 Å². The highest BCUT2D eigenvalue weighted by Gasteiger charge is 2.26. The van der Waals surface area contributed by atoms with E-state index in [0.29, 0.717) is 23.7 Å². The van der Waals surface area contributed by atoms with Gasteiger partial charge >= 0.3 is 6.03 Å². The summed E-state index contributed by atoms with van der Waals surface area (Å²) >= 11 is 0. The van der Waals surface area contributed by atoms with E-state index in [4.69, 9.17) is 0 Å². The van der Waals surface area contributed by atoms with Crippen LogP contribution in [-0.4, -0.2) is 30.0 Å². The second-order valence-electron chi connectivity index (χ2n) is 5.49. The van der Waals surface area contributed by atoms with E-state index in [9.17, 15) is 9.59 Å². The quantitative estimate of drug-likeness (QED) is 0.780. The van der Waals surface area contributed by atoms with Crippen molar-refractivity contribution in [1.29, 1.82) is 0 Å². The van der Waals surface area contributed by atoms with E-state index in [1.807, 2.05) is 30.3 Å². The first-order valence-corrected chi connectivity index (χ1v) is 7.71. The second kappa shape index (κ2) is 7.96. The van der Waals surface area contributed by atoms with Crippen molar-refractivity contribution in [2.24, 2.45) is 0 Å². The van der Waals surface area contributed by atoms with Gasteiger partial charge in [-0.15, -0.1) is 12.4 Å². The van der Waals surface area contributed by atoms with E-state index in [2.05, 4.69) is 20.9 Å². The fourth-order valence-corrected chi connectivity index (χ4v) is 2.44. The first-order chi connectivity index (χ1) is 11.6. The van der Waals surface area contributed by atoms with E-state index in [-0.39, 0.29) is 30.4 Å². The number of hydrogen-bond acceptors (Lipinski definition) is 4. The molecule has 1 atom stereocenters. The normalized spacial score (nSPS) is 14.0. The molecule has 0 fully saturated rings. The van der Waals surface area contributed by atoms with Crippen LogP contribution in [0.5, 0.6) is 0 Å². The SMILES string of the molecule is CNC(C)C(=O)Nc1ccc2c(n1)CNC(=O)N2c1ccccc1.Cl. The molecule has 0 saturated carbocycles. The number of hydrogen-bond donors (Lipinski definition) is 3. The van der Waals surface area contributed by atoms with Crippen molar-refractivity contribution in [1.82, 2.24) is 15.6 Å². The number of pyridine rings is 1. The standard InChI is InChI=1S/C17H19N5O2.ClH/c1-11(18-2)16(23)21-15-9-8-14-13(20-15)10-19-17(24)22(14)12-6-4-3-5-7-12;/h3-9,11,18H,10H2,1-2H3,(H,19,24)(H,20,21,23);1H. The van der Waals surface area contributed by atoms with Gasteiger partial charge in [-0.1, -0.05) is 18.2 Å². The molecule has 1 aliphatic rings. The fraction of sp³-hybridized carbons (Fsp3) is 0.235. The summed E-state index contributed by atoms with van der Waals surface area (Å²) in [5.74, 6) is 0.301. The molecule has 0 saturated heterocycles. The molecular weight excluding hydrogens is 342 g/mol. The van der Waals surface area contributed by atoms with Crippen LogP contribution < -0.4 is 20.9 Å². The predicted molar refractivity (Wildman–Crippen MR) is 99.5 cm³/mol. The van der Waals surface area contributed by atoms with Gasteiger partial charge in [0.25, 0.3) is 0 Å². The molecule has 0 aliphatic carbocycles. The molecule has 3 amide bonds. The van der Waals surface area contributed by atoms with Crippen molar-refractivity contribution in [3.05, 3.63) is 48.2 Å². The summed E-state index contributed by atoms with van der Waals surface area (Å²) < 4.78 is 0. The summed E-state index contributed by atoms with van der Waals surface area (Å²) in [5, 5.41) is 8.44. The minimum atomic E-state index is -0.316. The molecule has 2 aromatic rings. The third-order valence-corrected chi connectivity index (χ3v) is 3.89. The van der Waals surface area contributed by atoms with Crippen LogP contribution in [-0.2, 0) is 11.3 Å². The van der Waals surface area contributed by atoms with Gasteiger partial charge in [0.05, 0.1) is 29.7 Å². The van der Waals surface area contributed by atoms with Crippen LogP contribution in [0.1, 0.15) is 12.6 Å². The lowest BCUT2D eigenvalue weighted by molar-refractivity contribution is -0.117. The van der Waals surface area contributed by atoms with Crippen LogP contribution in [0, 0.1) is 0 Å². The maximum Gasteiger partial charge on any atom is 0.326 e. The molecule has 0 radical (unpaired) electrons. The van der Waals surface area contributed by atoms with Crippen molar-refractivity contribution in [2.45, 2.75) is 19.5 Å². The minimum Gasteiger partial charge on any atom is -0.332 e. The number of nitrogens with zero attached hydrogens (tertiary/aromatic N) is 2. The number of carbonyl (C=O) groups is 2. The molecule has 2 heterocycles. The third-order valence-electron chi connectivity index (χ3n) is 3.89. The third kappa shape index (κ3) is 3.89. The number of aromatic nitrogens is 1. The average Bonchev–Trinajstić information content (AvgIpc) is 2.61. The number of para-hydroxylation sites is 1. The van der Waals surface area contributed by atoms with Crippen molar-refractivity contribution in [3.63, 3.8) is 0 Å². The number of benzene rings is 1. The highest BCUT2D eigenvalue weighted by molar-refractivity contribution is 6.01. The Morgan fingerprint density at radius 2 is 1.96 bits per heavy atom. The van der Waals surface area contributed by atoms with Gasteiger partial charge in [-0.05, 0) is 38.2 Å². The minimum absolute atomic E-state index is 0. The molecule has 3 rings (SSSR count). The Bertz CT molecular complexity index is 769. The lowest BCUT2D eigenvalue weighted by Crippen LogP contribution is -2.41. The van der Waals surface area contributed by atoms with Crippen LogP contribution in [0.4, 0.5) is 22.0 Å². The van der Waals surface area contributed by atoms with E-state index >= 15 is 0 Å². The molecule has 1 unspecified atom stereocenters. The largest absolute Gasteiger partial charge is 0.332 e. The zero-order chi connectivity index (χ0) is 17.1. The molecule has 3 N–H and O–H groups in total. The summed E-state index contributed by atoms with van der Waals surface area (Å²) in [6.07, 6.45) is 0. The van der Waals surface area contributed by atoms with E-state index < -0.39 is 0 Å². The van der Waals surface area contributed by atoms with Gasteiger partial charge in [-0.3, -0.25) is 9.69 Å². The monoisotopic (exact) mass is 361 g/mol. The van der Waals surface area contributed by atoms with Gasteiger partial charge in [0.2, 0.25) is 5.91 Å². The molecule has 132 valence electrons. The fourth-order valence-electron chi connectivity index (χ4n) is 2.44. The zero-order valence-electron chi connectivity index (χ0n) is 13.9. The van der Waals surface area contributed by atoms with Gasteiger partial charge < -0.3 is 16.0 Å². The van der Waals surface area contributed by atoms with E-state index in [0.717, 1.165) is 5.69 Å². The number of nitrogens with one attached hydrogen (secondary N) is 3. The van der Waals surface area contributed by atoms with Gasteiger partial charge in [0, 0.05) is 0 Å². The van der Waals surface area contributed by atoms with Crippen LogP contribution in [0.15, 0.2) is 42.5 Å². The maximum absolute atomic E-state index is 12.3. The first-order valence-electron chi connectivity index (χ1n) is 7.71. The molecule has 0 bridgehead atoms. The van der Waals surface area contributed by atoms with Gasteiger partial charge in [0.15, 0.2) is 0 Å². The Labute approximate surface area is 152 Å². The zero-order valence-corrected chi connectivity index (χ0v) is 14.8. The Morgan fingerprint density at radius 1 is 1.24 bits per heavy atom. The highest BCUT2D eigenvalue weighted by atomic mass is 35.5. The molecule has 25 heavy (non-hydrogen) atoms. The summed E-state index contributed by atoms with van der Waals surface area (Å²) in [4.78, 5) is 30.3. The van der Waals surface area contributed by atoms with Crippen molar-refractivity contribution in [3.8, 4) is 0 Å². The van der Waals surface area contributed by atoms with Crippen molar-refractivity contribution in [2.75, 3.05) is 17.3 Å². The molecule has 1 aromatic carbocycles. The van der Waals surface area contributed by atoms with Crippen molar-refractivity contribution < 1.29 is 9.59 Å². The molecular formula is C17H20ClN5O2. The Morgan fingerprint density at radius 3 is 2.64 bits per heavy atom. The lowest BCUT2D eigenvalue weighted by atomic mass is 10.2. The number of halogens is 1. The number of urea groups is 1. The van der Waals surface area contributed by atoms with E-state index in [1.165, 1.54) is 0 Å². The first kappa shape index (κ1) is 18.7. The maximum atomic E-state index is 12.3. The average molecular weight is 362 g/mol. The lowest BCUT2D eigenvalue weighted by Gasteiger charge is -2.29. The second-order valence-corrected chi connectivity index (χ2v) is 5.49. The molecule has 1 aliphatic heterocycles. The Kier molecular flexibility index (Phi) is 5.95. The summed E-state index contributed by atoms with van der Waals surface area (Å²) in [5.41, 5.74) is 2.18. The highest BCUT2D eigenvalue weighted by Crippen LogP contribution is 2.31. The number of rotatable bonds is 4. The van der Waals surface area contributed by atoms with Crippen LogP contribution in [0.2, 0.25) is 0 Å². The smallest absolute Gasteiger partial charge is 0.326 e. The molecule has 7 nitrogen and oxygen atoms in total. The number of carbonyl (C=O) groups excluding carboxylic acids is 2. The number of amides is 3. The summed E-state index contributed by atoms with van der Waals surface area (Å²) in [6.45, 7) is 2.09. The summed E-state index contributed by atoms with van der Waals surface area (Å²) in [7, 11) is 1.72. The van der Waals surface area contributed by atoms with Gasteiger partial charge in [-0.2, -0.15) is 0 Å². The Hall–Kier alpha value is -2.64. The van der Waals surface area contributed by atoms with E-state index in [1.54, 1.807) is 31.0 Å². The van der Waals surface area contributed by atoms with Crippen LogP contribution in [0.25, 0.3) is 0 Å². The molecule has 8 heteroatoms. The molecule has 1 aromatic heterocycles. The summed E-state index contributed by atoms with van der Waals surface area (Å²) in [6, 6.07) is 12.3. The Balaban J connectivity index is 0.00000225. The number of anilines is 3. The topological polar surface area (TPSA) is 86.4 Å².